The quantitative estimate of drug-likeness (QED) is 0.307. The summed E-state index contributed by atoms with van der Waals surface area (Å²) in [5.41, 5.74) is 1.24. The van der Waals surface area contributed by atoms with Gasteiger partial charge in [-0.1, -0.05) is 38.3 Å². The van der Waals surface area contributed by atoms with E-state index < -0.39 is 0 Å². The lowest BCUT2D eigenvalue weighted by Crippen LogP contribution is -1.96. The molecule has 0 aromatic heterocycles. The van der Waals surface area contributed by atoms with Gasteiger partial charge in [0.05, 0.1) is 12.4 Å². The Morgan fingerprint density at radius 2 is 2.00 bits per heavy atom. The molecule has 0 spiro atoms. The number of ether oxygens (including phenoxy) is 1. The maximum atomic E-state index is 5.77. The molecule has 0 aromatic carbocycles. The molecular weight excluding hydrogens is 196 g/mol. The molecule has 16 heavy (non-hydrogen) atoms. The van der Waals surface area contributed by atoms with Crippen LogP contribution < -0.4 is 0 Å². The first-order chi connectivity index (χ1) is 7.74. The summed E-state index contributed by atoms with van der Waals surface area (Å²) >= 11 is 0. The zero-order valence-corrected chi connectivity index (χ0v) is 10.9. The third-order valence-electron chi connectivity index (χ3n) is 2.31. The van der Waals surface area contributed by atoms with Gasteiger partial charge in [0.15, 0.2) is 0 Å². The van der Waals surface area contributed by atoms with Crippen molar-refractivity contribution < 1.29 is 4.74 Å². The van der Waals surface area contributed by atoms with E-state index in [2.05, 4.69) is 39.8 Å². The zero-order chi connectivity index (χ0) is 12.2. The number of unbranched alkanes of at least 4 members (excludes halogenated alkanes) is 2. The Morgan fingerprint density at radius 3 is 2.56 bits per heavy atom. The van der Waals surface area contributed by atoms with E-state index in [1.807, 2.05) is 0 Å². The van der Waals surface area contributed by atoms with Gasteiger partial charge in [0.25, 0.3) is 0 Å². The zero-order valence-electron chi connectivity index (χ0n) is 10.9. The third kappa shape index (κ3) is 8.58. The van der Waals surface area contributed by atoms with E-state index >= 15 is 0 Å². The summed E-state index contributed by atoms with van der Waals surface area (Å²) in [5.74, 6) is 1.10. The Kier molecular flexibility index (Phi) is 10.3. The van der Waals surface area contributed by atoms with Crippen molar-refractivity contribution in [3.8, 4) is 0 Å². The minimum Gasteiger partial charge on any atom is -0.498 e. The van der Waals surface area contributed by atoms with E-state index in [-0.39, 0.29) is 0 Å². The second kappa shape index (κ2) is 10.8. The lowest BCUT2D eigenvalue weighted by Gasteiger charge is -2.10. The van der Waals surface area contributed by atoms with Gasteiger partial charge < -0.3 is 4.74 Å². The van der Waals surface area contributed by atoms with Crippen molar-refractivity contribution in [2.45, 2.75) is 52.4 Å². The molecule has 0 rings (SSSR count). The van der Waals surface area contributed by atoms with Crippen molar-refractivity contribution in [2.24, 2.45) is 0 Å². The average Bonchev–Trinajstić information content (AvgIpc) is 2.26. The Balaban J connectivity index is 4.22. The summed E-state index contributed by atoms with van der Waals surface area (Å²) in [5, 5.41) is 0. The maximum Gasteiger partial charge on any atom is 0.0962 e. The van der Waals surface area contributed by atoms with Gasteiger partial charge in [0, 0.05) is 6.42 Å². The summed E-state index contributed by atoms with van der Waals surface area (Å²) in [7, 11) is 0. The molecular formula is C15H26O. The molecule has 0 unspecified atom stereocenters. The summed E-state index contributed by atoms with van der Waals surface area (Å²) < 4.78 is 5.77. The molecule has 1 heteroatoms. The minimum atomic E-state index is 0.830. The van der Waals surface area contributed by atoms with E-state index in [9.17, 15) is 0 Å². The molecule has 2 radical (unpaired) electrons. The summed E-state index contributed by atoms with van der Waals surface area (Å²) in [4.78, 5) is 0. The summed E-state index contributed by atoms with van der Waals surface area (Å²) in [6, 6.07) is 0. The topological polar surface area (TPSA) is 9.23 Å². The van der Waals surface area contributed by atoms with Crippen molar-refractivity contribution in [3.05, 3.63) is 37.3 Å². The lowest BCUT2D eigenvalue weighted by molar-refractivity contribution is 0.196. The first-order valence-corrected chi connectivity index (χ1v) is 6.33. The van der Waals surface area contributed by atoms with Gasteiger partial charge in [-0.3, -0.25) is 0 Å². The standard InChI is InChI=1S/C15H26O/c1-5-8-11-15(16-12-9-6-2)13-14(4)10-7-3/h10,13H,1,3,5-9,11-12H2,2,4H3. The smallest absolute Gasteiger partial charge is 0.0962 e. The van der Waals surface area contributed by atoms with Crippen LogP contribution in [0.2, 0.25) is 0 Å². The molecule has 0 aliphatic heterocycles. The van der Waals surface area contributed by atoms with Crippen LogP contribution in [-0.4, -0.2) is 6.61 Å². The van der Waals surface area contributed by atoms with Gasteiger partial charge in [-0.25, -0.2) is 0 Å². The highest BCUT2D eigenvalue weighted by Gasteiger charge is 1.98. The predicted molar refractivity (Wildman–Crippen MR) is 71.9 cm³/mol. The van der Waals surface area contributed by atoms with E-state index in [4.69, 9.17) is 4.74 Å². The van der Waals surface area contributed by atoms with Gasteiger partial charge in [-0.15, -0.1) is 0 Å². The molecule has 92 valence electrons. The number of rotatable bonds is 9. The molecule has 0 bridgehead atoms. The number of hydrogen-bond donors (Lipinski definition) is 0. The average molecular weight is 222 g/mol. The summed E-state index contributed by atoms with van der Waals surface area (Å²) in [6.07, 6.45) is 10.4. The van der Waals surface area contributed by atoms with Crippen LogP contribution in [-0.2, 0) is 4.74 Å². The largest absolute Gasteiger partial charge is 0.498 e. The fourth-order valence-corrected chi connectivity index (χ4v) is 1.37. The molecule has 0 aliphatic rings. The molecule has 0 aliphatic carbocycles. The van der Waals surface area contributed by atoms with Crippen LogP contribution in [0.15, 0.2) is 23.5 Å². The monoisotopic (exact) mass is 222 g/mol. The molecule has 0 amide bonds. The van der Waals surface area contributed by atoms with Crippen molar-refractivity contribution in [2.75, 3.05) is 6.61 Å². The maximum absolute atomic E-state index is 5.77. The Hall–Kier alpha value is -0.720. The SMILES string of the molecule is [CH2]CC=C(C)C=C(CCC[CH2])OCCCC. The van der Waals surface area contributed by atoms with Crippen molar-refractivity contribution in [1.82, 2.24) is 0 Å². The van der Waals surface area contributed by atoms with Gasteiger partial charge >= 0.3 is 0 Å². The van der Waals surface area contributed by atoms with Crippen molar-refractivity contribution >= 4 is 0 Å². The third-order valence-corrected chi connectivity index (χ3v) is 2.31. The molecule has 0 heterocycles. The highest BCUT2D eigenvalue weighted by molar-refractivity contribution is 5.19. The Labute approximate surface area is 102 Å². The molecule has 0 atom stereocenters. The van der Waals surface area contributed by atoms with Gasteiger partial charge in [0.1, 0.15) is 0 Å². The van der Waals surface area contributed by atoms with Gasteiger partial charge in [-0.05, 0) is 39.2 Å². The number of allylic oxidation sites excluding steroid dienone is 4. The summed E-state index contributed by atoms with van der Waals surface area (Å²) in [6.45, 7) is 12.8. The van der Waals surface area contributed by atoms with Crippen LogP contribution >= 0.6 is 0 Å². The van der Waals surface area contributed by atoms with Crippen LogP contribution in [0.4, 0.5) is 0 Å². The molecule has 0 saturated heterocycles. The molecule has 0 saturated carbocycles. The van der Waals surface area contributed by atoms with Crippen LogP contribution in [0.25, 0.3) is 0 Å². The predicted octanol–water partition coefficient (Wildman–Crippen LogP) is 4.86. The second-order valence-electron chi connectivity index (χ2n) is 4.01. The number of hydrogen-bond acceptors (Lipinski definition) is 1. The highest BCUT2D eigenvalue weighted by atomic mass is 16.5. The fraction of sp³-hybridized carbons (Fsp3) is 0.600. The molecule has 0 aromatic rings. The minimum absolute atomic E-state index is 0.830. The fourth-order valence-electron chi connectivity index (χ4n) is 1.37. The van der Waals surface area contributed by atoms with Crippen molar-refractivity contribution in [3.63, 3.8) is 0 Å². The molecule has 1 nitrogen and oxygen atoms in total. The lowest BCUT2D eigenvalue weighted by atomic mass is 10.1. The van der Waals surface area contributed by atoms with E-state index in [1.165, 1.54) is 12.0 Å². The van der Waals surface area contributed by atoms with E-state index in [0.29, 0.717) is 0 Å². The van der Waals surface area contributed by atoms with E-state index in [1.54, 1.807) is 0 Å². The molecule has 0 N–H and O–H groups in total. The highest BCUT2D eigenvalue weighted by Crippen LogP contribution is 2.13. The molecule has 0 fully saturated rings. The Bertz CT molecular complexity index is 213. The van der Waals surface area contributed by atoms with Crippen LogP contribution in [0, 0.1) is 13.8 Å². The van der Waals surface area contributed by atoms with E-state index in [0.717, 1.165) is 44.5 Å². The first kappa shape index (κ1) is 15.3. The first-order valence-electron chi connectivity index (χ1n) is 6.33. The second-order valence-corrected chi connectivity index (χ2v) is 4.01. The Morgan fingerprint density at radius 1 is 1.25 bits per heavy atom. The van der Waals surface area contributed by atoms with Crippen molar-refractivity contribution in [1.29, 1.82) is 0 Å². The van der Waals surface area contributed by atoms with Crippen LogP contribution in [0.1, 0.15) is 52.4 Å². The normalized spacial score (nSPS) is 13.0. The van der Waals surface area contributed by atoms with Crippen LogP contribution in [0.5, 0.6) is 0 Å². The van der Waals surface area contributed by atoms with Crippen LogP contribution in [0.3, 0.4) is 0 Å². The van der Waals surface area contributed by atoms with Gasteiger partial charge in [-0.2, -0.15) is 0 Å². The van der Waals surface area contributed by atoms with Gasteiger partial charge in [0.2, 0.25) is 0 Å².